The number of nitrogens with one attached hydrogen (secondary N) is 1. The summed E-state index contributed by atoms with van der Waals surface area (Å²) in [6, 6.07) is 0.990. The first-order chi connectivity index (χ1) is 5.65. The number of aromatic nitrogens is 1. The van der Waals surface area contributed by atoms with Crippen LogP contribution >= 0.6 is 0 Å². The Morgan fingerprint density at radius 2 is 2.25 bits per heavy atom. The highest BCUT2D eigenvalue weighted by Gasteiger charge is 2.08. The number of halogens is 2. The van der Waals surface area contributed by atoms with Crippen molar-refractivity contribution in [2.75, 3.05) is 0 Å². The maximum atomic E-state index is 12.0. The van der Waals surface area contributed by atoms with Crippen molar-refractivity contribution in [2.24, 2.45) is 0 Å². The molecule has 0 bridgehead atoms. The summed E-state index contributed by atoms with van der Waals surface area (Å²) in [6.07, 6.45) is -1.70. The van der Waals surface area contributed by atoms with Crippen molar-refractivity contribution in [2.45, 2.75) is 13.0 Å². The number of aliphatic hydroxyl groups excluding tert-OH is 1. The number of hydrogen-bond donors (Lipinski definition) is 2. The Bertz CT molecular complexity index is 321. The van der Waals surface area contributed by atoms with Crippen molar-refractivity contribution in [3.8, 4) is 0 Å². The molecule has 1 aromatic rings. The molecule has 0 saturated heterocycles. The zero-order chi connectivity index (χ0) is 9.14. The Kier molecular flexibility index (Phi) is 2.54. The quantitative estimate of drug-likeness (QED) is 0.698. The zero-order valence-corrected chi connectivity index (χ0v) is 6.05. The molecule has 0 aromatic carbocycles. The van der Waals surface area contributed by atoms with E-state index in [4.69, 9.17) is 5.11 Å². The van der Waals surface area contributed by atoms with Crippen molar-refractivity contribution < 1.29 is 13.9 Å². The summed E-state index contributed by atoms with van der Waals surface area (Å²) < 4.78 is 24.0. The minimum absolute atomic E-state index is 0.0483. The Morgan fingerprint density at radius 1 is 1.58 bits per heavy atom. The van der Waals surface area contributed by atoms with Gasteiger partial charge in [0.15, 0.2) is 0 Å². The van der Waals surface area contributed by atoms with E-state index in [-0.39, 0.29) is 11.1 Å². The maximum Gasteiger partial charge on any atom is 0.265 e. The molecule has 0 atom stereocenters. The van der Waals surface area contributed by atoms with Gasteiger partial charge in [0.25, 0.3) is 12.0 Å². The fourth-order valence-corrected chi connectivity index (χ4v) is 0.793. The first-order valence-electron chi connectivity index (χ1n) is 3.25. The van der Waals surface area contributed by atoms with Crippen LogP contribution in [0, 0.1) is 0 Å². The number of alkyl halides is 2. The molecule has 0 unspecified atom stereocenters. The van der Waals surface area contributed by atoms with Gasteiger partial charge in [-0.1, -0.05) is 0 Å². The van der Waals surface area contributed by atoms with Gasteiger partial charge in [-0.05, 0) is 6.07 Å². The topological polar surface area (TPSA) is 53.1 Å². The van der Waals surface area contributed by atoms with Gasteiger partial charge in [-0.25, -0.2) is 8.78 Å². The summed E-state index contributed by atoms with van der Waals surface area (Å²) in [7, 11) is 0. The van der Waals surface area contributed by atoms with E-state index < -0.39 is 18.6 Å². The summed E-state index contributed by atoms with van der Waals surface area (Å²) >= 11 is 0. The molecule has 3 nitrogen and oxygen atoms in total. The first kappa shape index (κ1) is 8.86. The molecule has 0 amide bonds. The van der Waals surface area contributed by atoms with Gasteiger partial charge in [0.05, 0.1) is 6.61 Å². The molecule has 0 aliphatic heterocycles. The molecular formula is C7H7F2NO2. The third-order valence-electron chi connectivity index (χ3n) is 1.42. The number of pyridine rings is 1. The summed E-state index contributed by atoms with van der Waals surface area (Å²) in [6.45, 7) is -0.532. The molecule has 0 aliphatic carbocycles. The van der Waals surface area contributed by atoms with Crippen LogP contribution in [0.25, 0.3) is 0 Å². The zero-order valence-electron chi connectivity index (χ0n) is 6.05. The lowest BCUT2D eigenvalue weighted by atomic mass is 10.2. The predicted molar refractivity (Wildman–Crippen MR) is 37.9 cm³/mol. The third kappa shape index (κ3) is 1.68. The summed E-state index contributed by atoms with van der Waals surface area (Å²) in [5.74, 6) is 0. The summed E-state index contributed by atoms with van der Waals surface area (Å²) in [5, 5.41) is 8.56. The average molecular weight is 175 g/mol. The van der Waals surface area contributed by atoms with Gasteiger partial charge >= 0.3 is 0 Å². The lowest BCUT2D eigenvalue weighted by Gasteiger charge is -2.00. The van der Waals surface area contributed by atoms with Crippen LogP contribution in [0.4, 0.5) is 8.78 Å². The first-order valence-corrected chi connectivity index (χ1v) is 3.25. The Labute approximate surface area is 66.7 Å². The molecule has 0 radical (unpaired) electrons. The van der Waals surface area contributed by atoms with Crippen molar-refractivity contribution in [1.29, 1.82) is 0 Å². The van der Waals surface area contributed by atoms with E-state index in [1.807, 2.05) is 0 Å². The van der Waals surface area contributed by atoms with Crippen molar-refractivity contribution in [3.63, 3.8) is 0 Å². The highest BCUT2D eigenvalue weighted by molar-refractivity contribution is 5.18. The highest BCUT2D eigenvalue weighted by Crippen LogP contribution is 2.16. The van der Waals surface area contributed by atoms with Gasteiger partial charge in [0.2, 0.25) is 0 Å². The largest absolute Gasteiger partial charge is 0.391 e. The van der Waals surface area contributed by atoms with Crippen LogP contribution < -0.4 is 5.56 Å². The summed E-state index contributed by atoms with van der Waals surface area (Å²) in [5.41, 5.74) is -0.881. The molecule has 2 N–H and O–H groups in total. The number of aromatic amines is 1. The van der Waals surface area contributed by atoms with Crippen LogP contribution in [0.3, 0.4) is 0 Å². The van der Waals surface area contributed by atoms with Crippen molar-refractivity contribution in [3.05, 3.63) is 33.7 Å². The lowest BCUT2D eigenvalue weighted by Crippen LogP contribution is -2.12. The van der Waals surface area contributed by atoms with Crippen LogP contribution in [0.2, 0.25) is 0 Å². The van der Waals surface area contributed by atoms with E-state index in [0.29, 0.717) is 0 Å². The number of aliphatic hydroxyl groups is 1. The van der Waals surface area contributed by atoms with E-state index in [2.05, 4.69) is 4.98 Å². The fourth-order valence-electron chi connectivity index (χ4n) is 0.793. The van der Waals surface area contributed by atoms with Gasteiger partial charge in [-0.3, -0.25) is 4.79 Å². The molecular weight excluding hydrogens is 168 g/mol. The van der Waals surface area contributed by atoms with Crippen LogP contribution in [0.15, 0.2) is 17.1 Å². The van der Waals surface area contributed by atoms with Gasteiger partial charge < -0.3 is 10.1 Å². The second-order valence-corrected chi connectivity index (χ2v) is 2.25. The van der Waals surface area contributed by atoms with E-state index in [1.165, 1.54) is 0 Å². The van der Waals surface area contributed by atoms with E-state index in [0.717, 1.165) is 12.3 Å². The van der Waals surface area contributed by atoms with Gasteiger partial charge in [-0.2, -0.15) is 0 Å². The summed E-state index contributed by atoms with van der Waals surface area (Å²) in [4.78, 5) is 12.9. The normalized spacial score (nSPS) is 10.7. The molecule has 0 spiro atoms. The molecule has 0 fully saturated rings. The molecule has 1 rings (SSSR count). The van der Waals surface area contributed by atoms with E-state index in [1.54, 1.807) is 0 Å². The molecule has 1 heterocycles. The van der Waals surface area contributed by atoms with Crippen LogP contribution in [0.5, 0.6) is 0 Å². The number of H-pyrrole nitrogens is 1. The minimum Gasteiger partial charge on any atom is -0.391 e. The van der Waals surface area contributed by atoms with Crippen molar-refractivity contribution >= 4 is 0 Å². The number of hydrogen-bond acceptors (Lipinski definition) is 2. The van der Waals surface area contributed by atoms with E-state index >= 15 is 0 Å². The third-order valence-corrected chi connectivity index (χ3v) is 1.42. The Balaban J connectivity index is 3.14. The molecule has 0 saturated carbocycles. The SMILES string of the molecule is O=c1[nH]cc(C(F)F)cc1CO. The molecule has 0 aliphatic rings. The second kappa shape index (κ2) is 3.44. The monoisotopic (exact) mass is 175 g/mol. The average Bonchev–Trinajstić information content (AvgIpc) is 2.05. The smallest absolute Gasteiger partial charge is 0.265 e. The number of rotatable bonds is 2. The maximum absolute atomic E-state index is 12.0. The van der Waals surface area contributed by atoms with Crippen LogP contribution in [-0.4, -0.2) is 10.1 Å². The molecule has 1 aromatic heterocycles. The van der Waals surface area contributed by atoms with Crippen molar-refractivity contribution in [1.82, 2.24) is 4.98 Å². The highest BCUT2D eigenvalue weighted by atomic mass is 19.3. The fraction of sp³-hybridized carbons (Fsp3) is 0.286. The Hall–Kier alpha value is -1.23. The molecule has 12 heavy (non-hydrogen) atoms. The molecule has 5 heteroatoms. The Morgan fingerprint density at radius 3 is 2.75 bits per heavy atom. The molecule has 66 valence electrons. The van der Waals surface area contributed by atoms with E-state index in [9.17, 15) is 13.6 Å². The second-order valence-electron chi connectivity index (χ2n) is 2.25. The predicted octanol–water partition coefficient (Wildman–Crippen LogP) is 0.805. The van der Waals surface area contributed by atoms with Gasteiger partial charge in [0, 0.05) is 17.3 Å². The lowest BCUT2D eigenvalue weighted by molar-refractivity contribution is 0.150. The van der Waals surface area contributed by atoms with Crippen LogP contribution in [0.1, 0.15) is 17.6 Å². The van der Waals surface area contributed by atoms with Gasteiger partial charge in [-0.15, -0.1) is 0 Å². The van der Waals surface area contributed by atoms with Gasteiger partial charge in [0.1, 0.15) is 0 Å². The standard InChI is InChI=1S/C7H7F2NO2/c8-6(9)4-1-5(3-11)7(12)10-2-4/h1-2,6,11H,3H2,(H,10,12). The minimum atomic E-state index is -2.63. The van der Waals surface area contributed by atoms with Crippen LogP contribution in [-0.2, 0) is 6.61 Å².